The van der Waals surface area contributed by atoms with E-state index < -0.39 is 0 Å². The highest BCUT2D eigenvalue weighted by Gasteiger charge is 2.27. The summed E-state index contributed by atoms with van der Waals surface area (Å²) in [6, 6.07) is 6.33. The molecule has 2 heterocycles. The third-order valence-electron chi connectivity index (χ3n) is 5.18. The Hall–Kier alpha value is -2.05. The summed E-state index contributed by atoms with van der Waals surface area (Å²) in [5, 5.41) is 6.93. The highest BCUT2D eigenvalue weighted by atomic mass is 19.1. The van der Waals surface area contributed by atoms with E-state index in [1.165, 1.54) is 12.1 Å². The van der Waals surface area contributed by atoms with Crippen molar-refractivity contribution in [1.82, 2.24) is 20.5 Å². The Morgan fingerprint density at radius 1 is 1.27 bits per heavy atom. The van der Waals surface area contributed by atoms with Gasteiger partial charge in [0.05, 0.1) is 11.1 Å². The molecule has 2 aromatic rings. The SMILES string of the molecule is O=C(NCCCN1CCNCC1)c1cc(C2CC2)nc2ccc(F)cc12. The molecule has 138 valence electrons. The molecule has 2 fully saturated rings. The van der Waals surface area contributed by atoms with Crippen molar-refractivity contribution in [1.29, 1.82) is 0 Å². The third kappa shape index (κ3) is 4.02. The van der Waals surface area contributed by atoms with E-state index in [4.69, 9.17) is 0 Å². The van der Waals surface area contributed by atoms with Gasteiger partial charge in [-0.15, -0.1) is 0 Å². The quantitative estimate of drug-likeness (QED) is 0.780. The van der Waals surface area contributed by atoms with Gasteiger partial charge in [0, 0.05) is 49.7 Å². The fraction of sp³-hybridized carbons (Fsp3) is 0.500. The smallest absolute Gasteiger partial charge is 0.252 e. The molecule has 1 saturated heterocycles. The van der Waals surface area contributed by atoms with E-state index >= 15 is 0 Å². The van der Waals surface area contributed by atoms with E-state index in [1.807, 2.05) is 6.07 Å². The van der Waals surface area contributed by atoms with Crippen LogP contribution in [-0.4, -0.2) is 55.1 Å². The predicted molar refractivity (Wildman–Crippen MR) is 99.9 cm³/mol. The molecule has 0 bridgehead atoms. The summed E-state index contributed by atoms with van der Waals surface area (Å²) >= 11 is 0. The molecule has 0 spiro atoms. The number of hydrogen-bond donors (Lipinski definition) is 2. The molecule has 4 rings (SSSR count). The third-order valence-corrected chi connectivity index (χ3v) is 5.18. The van der Waals surface area contributed by atoms with E-state index in [1.54, 1.807) is 6.07 Å². The Labute approximate surface area is 153 Å². The first-order valence-corrected chi connectivity index (χ1v) is 9.52. The average molecular weight is 356 g/mol. The van der Waals surface area contributed by atoms with E-state index in [-0.39, 0.29) is 11.7 Å². The van der Waals surface area contributed by atoms with Gasteiger partial charge in [-0.3, -0.25) is 9.78 Å². The minimum atomic E-state index is -0.341. The molecule has 6 heteroatoms. The van der Waals surface area contributed by atoms with Gasteiger partial charge in [-0.05, 0) is 50.1 Å². The van der Waals surface area contributed by atoms with Crippen LogP contribution in [0.2, 0.25) is 0 Å². The number of piperazine rings is 1. The Morgan fingerprint density at radius 3 is 2.85 bits per heavy atom. The fourth-order valence-corrected chi connectivity index (χ4v) is 3.53. The lowest BCUT2D eigenvalue weighted by Gasteiger charge is -2.27. The summed E-state index contributed by atoms with van der Waals surface area (Å²) in [6.07, 6.45) is 3.15. The van der Waals surface area contributed by atoms with Crippen LogP contribution < -0.4 is 10.6 Å². The maximum absolute atomic E-state index is 13.7. The van der Waals surface area contributed by atoms with E-state index in [2.05, 4.69) is 20.5 Å². The highest BCUT2D eigenvalue weighted by molar-refractivity contribution is 6.06. The molecular formula is C20H25FN4O. The van der Waals surface area contributed by atoms with Gasteiger partial charge in [-0.2, -0.15) is 0 Å². The van der Waals surface area contributed by atoms with Crippen molar-refractivity contribution >= 4 is 16.8 Å². The van der Waals surface area contributed by atoms with Crippen LogP contribution in [0.4, 0.5) is 4.39 Å². The number of pyridine rings is 1. The molecule has 0 radical (unpaired) electrons. The zero-order chi connectivity index (χ0) is 17.9. The molecule has 1 saturated carbocycles. The second-order valence-electron chi connectivity index (χ2n) is 7.23. The van der Waals surface area contributed by atoms with Crippen molar-refractivity contribution in [2.24, 2.45) is 0 Å². The normalized spacial score (nSPS) is 18.2. The van der Waals surface area contributed by atoms with Gasteiger partial charge in [0.25, 0.3) is 5.91 Å². The van der Waals surface area contributed by atoms with Gasteiger partial charge in [0.15, 0.2) is 0 Å². The molecule has 5 nitrogen and oxygen atoms in total. The number of hydrogen-bond acceptors (Lipinski definition) is 4. The standard InChI is InChI=1S/C20H25FN4O/c21-15-4-5-18-16(12-15)17(13-19(24-18)14-2-3-14)20(26)23-6-1-9-25-10-7-22-8-11-25/h4-5,12-14,22H,1-3,6-11H2,(H,23,26). The first kappa shape index (κ1) is 17.4. The first-order valence-electron chi connectivity index (χ1n) is 9.52. The molecule has 1 aromatic carbocycles. The van der Waals surface area contributed by atoms with Gasteiger partial charge in [0.1, 0.15) is 5.82 Å². The molecule has 1 aliphatic heterocycles. The number of halogens is 1. The molecule has 1 aliphatic carbocycles. The number of carbonyl (C=O) groups excluding carboxylic acids is 1. The van der Waals surface area contributed by atoms with Gasteiger partial charge in [-0.1, -0.05) is 0 Å². The molecule has 26 heavy (non-hydrogen) atoms. The first-order chi connectivity index (χ1) is 12.7. The largest absolute Gasteiger partial charge is 0.352 e. The molecular weight excluding hydrogens is 331 g/mol. The van der Waals surface area contributed by atoms with Crippen molar-refractivity contribution in [2.45, 2.75) is 25.2 Å². The average Bonchev–Trinajstić information content (AvgIpc) is 3.50. The lowest BCUT2D eigenvalue weighted by atomic mass is 10.0. The maximum Gasteiger partial charge on any atom is 0.252 e. The van der Waals surface area contributed by atoms with Crippen LogP contribution in [-0.2, 0) is 0 Å². The topological polar surface area (TPSA) is 57.3 Å². The number of amides is 1. The van der Waals surface area contributed by atoms with Crippen LogP contribution in [0.15, 0.2) is 24.3 Å². The van der Waals surface area contributed by atoms with Crippen LogP contribution in [0.3, 0.4) is 0 Å². The second-order valence-corrected chi connectivity index (χ2v) is 7.23. The molecule has 2 N–H and O–H groups in total. The van der Waals surface area contributed by atoms with Crippen molar-refractivity contribution < 1.29 is 9.18 Å². The fourth-order valence-electron chi connectivity index (χ4n) is 3.53. The lowest BCUT2D eigenvalue weighted by molar-refractivity contribution is 0.0952. The minimum absolute atomic E-state index is 0.134. The van der Waals surface area contributed by atoms with Crippen molar-refractivity contribution in [3.8, 4) is 0 Å². The van der Waals surface area contributed by atoms with Crippen LogP contribution in [0, 0.1) is 5.82 Å². The zero-order valence-electron chi connectivity index (χ0n) is 14.9. The molecule has 0 unspecified atom stereocenters. The summed E-state index contributed by atoms with van der Waals surface area (Å²) in [5.41, 5.74) is 2.19. The lowest BCUT2D eigenvalue weighted by Crippen LogP contribution is -2.44. The van der Waals surface area contributed by atoms with Gasteiger partial charge >= 0.3 is 0 Å². The van der Waals surface area contributed by atoms with Crippen molar-refractivity contribution in [2.75, 3.05) is 39.3 Å². The predicted octanol–water partition coefficient (Wildman–Crippen LogP) is 2.28. The Balaban J connectivity index is 1.44. The highest BCUT2D eigenvalue weighted by Crippen LogP contribution is 2.40. The molecule has 1 aromatic heterocycles. The molecule has 0 atom stereocenters. The van der Waals surface area contributed by atoms with Crippen LogP contribution in [0.1, 0.15) is 41.2 Å². The van der Waals surface area contributed by atoms with Gasteiger partial charge in [-0.25, -0.2) is 4.39 Å². The Kier molecular flexibility index (Phi) is 5.13. The van der Waals surface area contributed by atoms with Gasteiger partial charge < -0.3 is 15.5 Å². The Morgan fingerprint density at radius 2 is 2.08 bits per heavy atom. The van der Waals surface area contributed by atoms with Crippen LogP contribution in [0.25, 0.3) is 10.9 Å². The number of rotatable bonds is 6. The zero-order valence-corrected chi connectivity index (χ0v) is 14.9. The van der Waals surface area contributed by atoms with Crippen LogP contribution in [0.5, 0.6) is 0 Å². The maximum atomic E-state index is 13.7. The number of benzene rings is 1. The summed E-state index contributed by atoms with van der Waals surface area (Å²) in [7, 11) is 0. The number of nitrogens with one attached hydrogen (secondary N) is 2. The number of aromatic nitrogens is 1. The summed E-state index contributed by atoms with van der Waals surface area (Å²) in [6.45, 7) is 5.80. The molecule has 1 amide bonds. The summed E-state index contributed by atoms with van der Waals surface area (Å²) in [4.78, 5) is 19.8. The van der Waals surface area contributed by atoms with Crippen molar-refractivity contribution in [3.05, 3.63) is 41.3 Å². The molecule has 2 aliphatic rings. The second kappa shape index (κ2) is 7.68. The van der Waals surface area contributed by atoms with Gasteiger partial charge in [0.2, 0.25) is 0 Å². The monoisotopic (exact) mass is 356 g/mol. The number of nitrogens with zero attached hydrogens (tertiary/aromatic N) is 2. The summed E-state index contributed by atoms with van der Waals surface area (Å²) < 4.78 is 13.7. The number of fused-ring (bicyclic) bond motifs is 1. The van der Waals surface area contributed by atoms with E-state index in [0.717, 1.165) is 57.7 Å². The summed E-state index contributed by atoms with van der Waals surface area (Å²) in [5.74, 6) is -0.0276. The van der Waals surface area contributed by atoms with Crippen molar-refractivity contribution in [3.63, 3.8) is 0 Å². The minimum Gasteiger partial charge on any atom is -0.352 e. The number of carbonyl (C=O) groups is 1. The Bertz CT molecular complexity index is 800. The van der Waals surface area contributed by atoms with E-state index in [0.29, 0.717) is 28.9 Å². The van der Waals surface area contributed by atoms with Crippen LogP contribution >= 0.6 is 0 Å². The van der Waals surface area contributed by atoms with E-state index in [9.17, 15) is 9.18 Å².